The van der Waals surface area contributed by atoms with E-state index >= 15 is 0 Å². The summed E-state index contributed by atoms with van der Waals surface area (Å²) in [6.45, 7) is 7.01. The molecular formula is C52H48IrN2SSi-2. The number of hydrogen-bond donors (Lipinski definition) is 0. The Balaban J connectivity index is 0.000000181. The van der Waals surface area contributed by atoms with E-state index in [0.29, 0.717) is 11.8 Å². The van der Waals surface area contributed by atoms with E-state index in [1.807, 2.05) is 42.6 Å². The first-order valence-electron chi connectivity index (χ1n) is 21.1. The number of aromatic nitrogens is 2. The van der Waals surface area contributed by atoms with Gasteiger partial charge in [-0.2, -0.15) is 11.3 Å². The van der Waals surface area contributed by atoms with Gasteiger partial charge in [0.2, 0.25) is 0 Å². The van der Waals surface area contributed by atoms with Gasteiger partial charge in [-0.1, -0.05) is 146 Å². The van der Waals surface area contributed by atoms with Crippen LogP contribution in [-0.2, 0) is 26.5 Å². The molecule has 1 atom stereocenters. The van der Waals surface area contributed by atoms with Crippen LogP contribution >= 0.6 is 11.3 Å². The third-order valence-electron chi connectivity index (χ3n) is 11.8. The molecule has 0 spiro atoms. The minimum Gasteiger partial charge on any atom is -0.305 e. The maximum Gasteiger partial charge on any atom is 0.0795 e. The van der Waals surface area contributed by atoms with Crippen LogP contribution < -0.4 is 5.19 Å². The fourth-order valence-electron chi connectivity index (χ4n) is 8.56. The Bertz CT molecular complexity index is 2670. The fraction of sp³-hybridized carbons (Fsp3) is 0.231. The zero-order chi connectivity index (χ0) is 39.9. The van der Waals surface area contributed by atoms with Crippen molar-refractivity contribution in [2.45, 2.75) is 58.1 Å². The third kappa shape index (κ3) is 8.69. The van der Waals surface area contributed by atoms with Crippen LogP contribution in [0.2, 0.25) is 19.6 Å². The molecule has 3 aliphatic rings. The van der Waals surface area contributed by atoms with Crippen LogP contribution in [0.4, 0.5) is 0 Å². The summed E-state index contributed by atoms with van der Waals surface area (Å²) in [6.07, 6.45) is 8.45. The molecule has 2 nitrogen and oxygen atoms in total. The van der Waals surface area contributed by atoms with Gasteiger partial charge >= 0.3 is 0 Å². The first-order chi connectivity index (χ1) is 28.1. The topological polar surface area (TPSA) is 25.8 Å². The molecule has 5 aromatic carbocycles. The molecule has 3 saturated carbocycles. The molecule has 3 fully saturated rings. The fourth-order valence-corrected chi connectivity index (χ4v) is 10.8. The number of nitrogens with zero attached hydrogens (tertiary/aromatic N) is 2. The molecule has 3 heterocycles. The zero-order valence-corrected chi connectivity index (χ0v) is 37.0. The van der Waals surface area contributed by atoms with E-state index in [2.05, 4.69) is 134 Å². The first-order valence-corrected chi connectivity index (χ1v) is 24.4. The molecule has 287 valence electrons. The monoisotopic (exact) mass is 955 g/mol. The summed E-state index contributed by atoms with van der Waals surface area (Å²) in [5.41, 5.74) is 9.42. The second kappa shape index (κ2) is 17.1. The van der Waals surface area contributed by atoms with Crippen LogP contribution in [-0.4, -0.2) is 18.0 Å². The Morgan fingerprint density at radius 1 is 0.702 bits per heavy atom. The molecule has 1 unspecified atom stereocenters. The number of benzene rings is 5. The molecule has 0 aliphatic heterocycles. The van der Waals surface area contributed by atoms with Gasteiger partial charge in [-0.05, 0) is 93.3 Å². The van der Waals surface area contributed by atoms with Gasteiger partial charge in [0.15, 0.2) is 0 Å². The van der Waals surface area contributed by atoms with Gasteiger partial charge in [0.25, 0.3) is 0 Å². The van der Waals surface area contributed by atoms with Crippen LogP contribution in [0.15, 0.2) is 146 Å². The van der Waals surface area contributed by atoms with Gasteiger partial charge in [-0.25, -0.2) is 0 Å². The van der Waals surface area contributed by atoms with Crippen molar-refractivity contribution in [1.29, 1.82) is 0 Å². The van der Waals surface area contributed by atoms with E-state index in [0.717, 1.165) is 34.5 Å². The van der Waals surface area contributed by atoms with E-state index in [1.54, 1.807) is 17.5 Å². The largest absolute Gasteiger partial charge is 0.305 e. The number of thiophene rings is 1. The minimum absolute atomic E-state index is 0. The van der Waals surface area contributed by atoms with Crippen molar-refractivity contribution in [3.8, 4) is 44.8 Å². The zero-order valence-electron chi connectivity index (χ0n) is 34.8. The van der Waals surface area contributed by atoms with Crippen molar-refractivity contribution in [3.05, 3.63) is 164 Å². The third-order valence-corrected chi connectivity index (χ3v) is 15.0. The Labute approximate surface area is 359 Å². The molecule has 5 heteroatoms. The van der Waals surface area contributed by atoms with Crippen LogP contribution in [0.5, 0.6) is 0 Å². The summed E-state index contributed by atoms with van der Waals surface area (Å²) in [6, 6.07) is 53.0. The molecule has 0 amide bonds. The number of pyridine rings is 2. The van der Waals surface area contributed by atoms with Crippen molar-refractivity contribution >= 4 is 44.8 Å². The van der Waals surface area contributed by atoms with Gasteiger partial charge in [0.05, 0.1) is 8.07 Å². The maximum absolute atomic E-state index is 9.16. The smallest absolute Gasteiger partial charge is 0.0795 e. The second-order valence-corrected chi connectivity index (χ2v) is 22.6. The van der Waals surface area contributed by atoms with Crippen molar-refractivity contribution in [1.82, 2.24) is 9.97 Å². The molecule has 57 heavy (non-hydrogen) atoms. The molecule has 3 aliphatic carbocycles. The molecule has 3 aromatic heterocycles. The van der Waals surface area contributed by atoms with Crippen molar-refractivity contribution in [3.63, 3.8) is 0 Å². The van der Waals surface area contributed by atoms with Gasteiger partial charge in [0, 0.05) is 39.9 Å². The Morgan fingerprint density at radius 3 is 2.09 bits per heavy atom. The summed E-state index contributed by atoms with van der Waals surface area (Å²) >= 11 is 1.78. The molecule has 0 N–H and O–H groups in total. The van der Waals surface area contributed by atoms with Gasteiger partial charge < -0.3 is 9.97 Å². The van der Waals surface area contributed by atoms with Crippen molar-refractivity contribution in [2.24, 2.45) is 17.8 Å². The standard InChI is InChI=1S/C32H28NS.C20H20NSi.Ir/c1-2-5-23(6-3-1)25-13-14-27-28-7-4-8-29(32(28)34-31(27)20-25)30-19-22(15-16-33-30)18-26-17-21-9-11-24(26)12-10-21;1-22(2,3)19-13-14-20(21-15-19)18-11-9-17(10-12-18)16-7-5-4-6-8-16;/h1-7,13-16,19-21,24,26H,9-12,17-18H2;4-11,13-15H,1-3H3;/q2*-1;/i18D2;;. The minimum atomic E-state index is -1.33. The van der Waals surface area contributed by atoms with Crippen molar-refractivity contribution < 1.29 is 22.8 Å². The Kier molecular flexibility index (Phi) is 11.1. The Morgan fingerprint density at radius 2 is 1.44 bits per heavy atom. The van der Waals surface area contributed by atoms with E-state index in [9.17, 15) is 0 Å². The normalized spacial score (nSPS) is 18.3. The number of rotatable bonds is 7. The second-order valence-electron chi connectivity index (χ2n) is 16.5. The average molecular weight is 955 g/mol. The summed E-state index contributed by atoms with van der Waals surface area (Å²) in [5.74, 6) is 1.33. The predicted octanol–water partition coefficient (Wildman–Crippen LogP) is 13.7. The van der Waals surface area contributed by atoms with Crippen LogP contribution in [0, 0.1) is 29.9 Å². The maximum atomic E-state index is 9.16. The molecule has 2 bridgehead atoms. The first kappa shape index (κ1) is 36.8. The van der Waals surface area contributed by atoms with E-state index in [1.165, 1.54) is 73.3 Å². The molecular weight excluding hydrogens is 905 g/mol. The van der Waals surface area contributed by atoms with Crippen LogP contribution in [0.3, 0.4) is 0 Å². The predicted molar refractivity (Wildman–Crippen MR) is 241 cm³/mol. The number of hydrogen-bond acceptors (Lipinski definition) is 3. The van der Waals surface area contributed by atoms with E-state index in [4.69, 9.17) is 7.73 Å². The van der Waals surface area contributed by atoms with Crippen LogP contribution in [0.25, 0.3) is 64.9 Å². The molecule has 0 saturated heterocycles. The molecule has 1 radical (unpaired) electrons. The van der Waals surface area contributed by atoms with Gasteiger partial charge in [-0.3, -0.25) is 0 Å². The summed E-state index contributed by atoms with van der Waals surface area (Å²) in [4.78, 5) is 9.33. The van der Waals surface area contributed by atoms with E-state index < -0.39 is 14.4 Å². The SMILES string of the molecule is C[Si](C)(C)c1ccc(-c2[c-]cc(-c3ccccc3)cc2)nc1.[2H]C([2H])(c1ccnc(-c2[c-]ccc3c2sc2cc(-c4ccccc4)ccc23)c1)C1CC2CCC1CC2.[Ir]. The summed E-state index contributed by atoms with van der Waals surface area (Å²) < 4.78 is 20.7. The number of fused-ring (bicyclic) bond motifs is 6. The Hall–Kier alpha value is -4.51. The quantitative estimate of drug-likeness (QED) is 0.118. The van der Waals surface area contributed by atoms with Crippen LogP contribution in [0.1, 0.15) is 40.4 Å². The molecule has 11 rings (SSSR count). The van der Waals surface area contributed by atoms with E-state index in [-0.39, 0.29) is 26.0 Å². The van der Waals surface area contributed by atoms with Gasteiger partial charge in [0.1, 0.15) is 0 Å². The summed E-state index contributed by atoms with van der Waals surface area (Å²) in [7, 11) is -1.28. The van der Waals surface area contributed by atoms with Gasteiger partial charge in [-0.15, -0.1) is 53.6 Å². The van der Waals surface area contributed by atoms with Crippen molar-refractivity contribution in [2.75, 3.05) is 0 Å². The average Bonchev–Trinajstić information content (AvgIpc) is 3.66. The summed E-state index contributed by atoms with van der Waals surface area (Å²) in [5, 5.41) is 3.84. The molecule has 8 aromatic rings.